The van der Waals surface area contributed by atoms with E-state index in [2.05, 4.69) is 15.1 Å². The smallest absolute Gasteiger partial charge is 0.234 e. The van der Waals surface area contributed by atoms with E-state index >= 15 is 0 Å². The summed E-state index contributed by atoms with van der Waals surface area (Å²) in [5.41, 5.74) is 1.16. The van der Waals surface area contributed by atoms with Gasteiger partial charge >= 0.3 is 0 Å². The Bertz CT molecular complexity index is 221. The Kier molecular flexibility index (Phi) is 1.86. The van der Waals surface area contributed by atoms with Crippen molar-refractivity contribution in [2.24, 2.45) is 0 Å². The Morgan fingerprint density at radius 3 is 2.90 bits per heavy atom. The Balaban J connectivity index is 2.83. The van der Waals surface area contributed by atoms with Crippen LogP contribution in [0, 0.1) is 12.1 Å². The van der Waals surface area contributed by atoms with Crippen LogP contribution in [0.5, 0.6) is 0 Å². The number of aromatic nitrogens is 2. The van der Waals surface area contributed by atoms with Crippen molar-refractivity contribution in [1.29, 1.82) is 0 Å². The molecule has 5 heteroatoms. The van der Waals surface area contributed by atoms with Gasteiger partial charge in [-0.3, -0.25) is 4.63 Å². The van der Waals surface area contributed by atoms with Crippen LogP contribution in [-0.2, 0) is 6.54 Å². The predicted octanol–water partition coefficient (Wildman–Crippen LogP) is -0.664. The van der Waals surface area contributed by atoms with Crippen LogP contribution in [-0.4, -0.2) is 12.2 Å². The summed E-state index contributed by atoms with van der Waals surface area (Å²) in [4.78, 5) is 0.396. The summed E-state index contributed by atoms with van der Waals surface area (Å²) in [5.74, 6) is 0. The molecule has 5 nitrogen and oxygen atoms in total. The van der Waals surface area contributed by atoms with Crippen molar-refractivity contribution in [3.8, 4) is 0 Å². The quantitative estimate of drug-likeness (QED) is 0.558. The van der Waals surface area contributed by atoms with Gasteiger partial charge in [-0.05, 0) is 12.0 Å². The van der Waals surface area contributed by atoms with Gasteiger partial charge in [0.25, 0.3) is 0 Å². The molecule has 0 saturated heterocycles. The molecule has 10 heavy (non-hydrogen) atoms. The molecule has 56 valence electrons. The maximum absolute atomic E-state index is 10.6. The zero-order valence-electron chi connectivity index (χ0n) is 5.92. The van der Waals surface area contributed by atoms with E-state index in [1.54, 1.807) is 14.0 Å². The molecule has 1 heterocycles. The average Bonchev–Trinajstić information content (AvgIpc) is 2.20. The molecule has 1 aromatic rings. The molecule has 0 atom stereocenters. The summed E-state index contributed by atoms with van der Waals surface area (Å²) in [7, 11) is 1.78. The molecule has 0 spiro atoms. The lowest BCUT2D eigenvalue weighted by atomic mass is 10.3. The molecule has 0 saturated carbocycles. The molecule has 0 unspecified atom stereocenters. The van der Waals surface area contributed by atoms with Gasteiger partial charge in [-0.15, -0.1) is 0 Å². The van der Waals surface area contributed by atoms with Gasteiger partial charge in [-0.1, -0.05) is 0 Å². The summed E-state index contributed by atoms with van der Waals surface area (Å²) >= 11 is 0. The molecule has 1 rings (SSSR count). The van der Waals surface area contributed by atoms with E-state index < -0.39 is 0 Å². The fourth-order valence-electron chi connectivity index (χ4n) is 0.647. The standard InChI is InChI=1S/C5H9N3O2/c1-4-5(3-6-2)7-10-8(4)9/h6H,3H2,1-2H3. The van der Waals surface area contributed by atoms with E-state index in [9.17, 15) is 5.21 Å². The van der Waals surface area contributed by atoms with Crippen molar-refractivity contribution in [3.63, 3.8) is 0 Å². The first kappa shape index (κ1) is 7.01. The van der Waals surface area contributed by atoms with Gasteiger partial charge in [-0.25, -0.2) is 0 Å². The number of nitrogens with zero attached hydrogens (tertiary/aromatic N) is 2. The van der Waals surface area contributed by atoms with Crippen molar-refractivity contribution < 1.29 is 9.53 Å². The lowest BCUT2D eigenvalue weighted by Gasteiger charge is -1.87. The van der Waals surface area contributed by atoms with Gasteiger partial charge in [0, 0.05) is 12.1 Å². The second-order valence-electron chi connectivity index (χ2n) is 1.99. The van der Waals surface area contributed by atoms with E-state index in [1.807, 2.05) is 0 Å². The van der Waals surface area contributed by atoms with Crippen LogP contribution in [0.15, 0.2) is 4.63 Å². The maximum atomic E-state index is 10.6. The van der Waals surface area contributed by atoms with Crippen LogP contribution < -0.4 is 10.2 Å². The molecular weight excluding hydrogens is 134 g/mol. The van der Waals surface area contributed by atoms with E-state index in [-0.39, 0.29) is 0 Å². The zero-order valence-corrected chi connectivity index (χ0v) is 5.92. The van der Waals surface area contributed by atoms with Crippen molar-refractivity contribution in [1.82, 2.24) is 10.5 Å². The lowest BCUT2D eigenvalue weighted by molar-refractivity contribution is -0.806. The highest BCUT2D eigenvalue weighted by Crippen LogP contribution is 1.95. The Morgan fingerprint density at radius 1 is 1.80 bits per heavy atom. The minimum Gasteiger partial charge on any atom is -0.359 e. The molecule has 1 aromatic heterocycles. The lowest BCUT2D eigenvalue weighted by Crippen LogP contribution is -2.26. The summed E-state index contributed by atoms with van der Waals surface area (Å²) in [6, 6.07) is 0. The van der Waals surface area contributed by atoms with Gasteiger partial charge < -0.3 is 10.5 Å². The fraction of sp³-hybridized carbons (Fsp3) is 0.600. The number of hydrogen-bond acceptors (Lipinski definition) is 4. The molecule has 0 aromatic carbocycles. The number of hydrogen-bond donors (Lipinski definition) is 1. The highest BCUT2D eigenvalue weighted by Gasteiger charge is 2.11. The van der Waals surface area contributed by atoms with Gasteiger partial charge in [0.2, 0.25) is 5.69 Å². The summed E-state index contributed by atoms with van der Waals surface area (Å²) in [5, 5.41) is 17.0. The molecule has 1 N–H and O–H groups in total. The molecule has 0 fully saturated rings. The second kappa shape index (κ2) is 2.66. The largest absolute Gasteiger partial charge is 0.359 e. The fourth-order valence-corrected chi connectivity index (χ4v) is 0.647. The Morgan fingerprint density at radius 2 is 2.50 bits per heavy atom. The molecular formula is C5H9N3O2. The van der Waals surface area contributed by atoms with Crippen LogP contribution in [0.3, 0.4) is 0 Å². The van der Waals surface area contributed by atoms with Gasteiger partial charge in [0.05, 0.1) is 6.54 Å². The van der Waals surface area contributed by atoms with Crippen molar-refractivity contribution in [2.75, 3.05) is 7.05 Å². The van der Waals surface area contributed by atoms with Crippen molar-refractivity contribution >= 4 is 0 Å². The molecule has 0 amide bonds. The molecule has 0 aliphatic heterocycles. The first-order chi connectivity index (χ1) is 4.75. The van der Waals surface area contributed by atoms with Gasteiger partial charge in [-0.2, -0.15) is 0 Å². The number of rotatable bonds is 2. The SMILES string of the molecule is CNCc1no[n+]([O-])c1C. The van der Waals surface area contributed by atoms with Crippen LogP contribution in [0.25, 0.3) is 0 Å². The molecule has 0 aliphatic rings. The predicted molar refractivity (Wildman–Crippen MR) is 33.0 cm³/mol. The number of nitrogens with one attached hydrogen (secondary N) is 1. The van der Waals surface area contributed by atoms with Crippen LogP contribution >= 0.6 is 0 Å². The van der Waals surface area contributed by atoms with E-state index in [0.29, 0.717) is 22.8 Å². The van der Waals surface area contributed by atoms with E-state index in [4.69, 9.17) is 0 Å². The second-order valence-corrected chi connectivity index (χ2v) is 1.99. The Hall–Kier alpha value is -1.10. The molecule has 0 radical (unpaired) electrons. The summed E-state index contributed by atoms with van der Waals surface area (Å²) in [6.07, 6.45) is 0. The minimum absolute atomic E-state index is 0.396. The van der Waals surface area contributed by atoms with Gasteiger partial charge in [0.1, 0.15) is 0 Å². The third-order valence-corrected chi connectivity index (χ3v) is 1.26. The summed E-state index contributed by atoms with van der Waals surface area (Å²) < 4.78 is 4.32. The average molecular weight is 143 g/mol. The van der Waals surface area contributed by atoms with Crippen molar-refractivity contribution in [2.45, 2.75) is 13.5 Å². The zero-order chi connectivity index (χ0) is 7.56. The normalized spacial score (nSPS) is 10.2. The Labute approximate surface area is 58.2 Å². The van der Waals surface area contributed by atoms with Crippen molar-refractivity contribution in [3.05, 3.63) is 16.6 Å². The molecule has 0 aliphatic carbocycles. The minimum atomic E-state index is 0.396. The highest BCUT2D eigenvalue weighted by molar-refractivity contribution is 4.99. The van der Waals surface area contributed by atoms with Gasteiger partial charge in [0.15, 0.2) is 5.69 Å². The third-order valence-electron chi connectivity index (χ3n) is 1.26. The topological polar surface area (TPSA) is 65.0 Å². The van der Waals surface area contributed by atoms with Crippen LogP contribution in [0.4, 0.5) is 0 Å². The first-order valence-corrected chi connectivity index (χ1v) is 2.95. The molecule has 0 bridgehead atoms. The van der Waals surface area contributed by atoms with Crippen LogP contribution in [0.2, 0.25) is 0 Å². The first-order valence-electron chi connectivity index (χ1n) is 2.95. The van der Waals surface area contributed by atoms with E-state index in [0.717, 1.165) is 0 Å². The summed E-state index contributed by atoms with van der Waals surface area (Å²) in [6.45, 7) is 2.22. The third kappa shape index (κ3) is 1.08. The van der Waals surface area contributed by atoms with Crippen LogP contribution in [0.1, 0.15) is 11.4 Å². The highest BCUT2D eigenvalue weighted by atomic mass is 16.8. The monoisotopic (exact) mass is 143 g/mol. The maximum Gasteiger partial charge on any atom is 0.234 e. The van der Waals surface area contributed by atoms with E-state index in [1.165, 1.54) is 0 Å².